The molecule has 6 rings (SSSR count). The second-order valence-electron chi connectivity index (χ2n) is 10.7. The molecule has 1 saturated heterocycles. The Balaban J connectivity index is 1.30. The zero-order chi connectivity index (χ0) is 28.3. The number of hydrogen-bond acceptors (Lipinski definition) is 7. The molecule has 11 heteroatoms. The highest BCUT2D eigenvalue weighted by Crippen LogP contribution is 2.50. The van der Waals surface area contributed by atoms with Gasteiger partial charge in [0, 0.05) is 36.8 Å². The van der Waals surface area contributed by atoms with Crippen LogP contribution in [0, 0.1) is 32.6 Å². The van der Waals surface area contributed by atoms with Crippen LogP contribution in [0.15, 0.2) is 41.3 Å². The van der Waals surface area contributed by atoms with Gasteiger partial charge in [0.05, 0.1) is 5.52 Å². The summed E-state index contributed by atoms with van der Waals surface area (Å²) in [5.74, 6) is 0.977. The van der Waals surface area contributed by atoms with Crippen molar-refractivity contribution in [2.24, 2.45) is 11.8 Å². The summed E-state index contributed by atoms with van der Waals surface area (Å²) < 4.78 is 2.22. The van der Waals surface area contributed by atoms with Crippen LogP contribution in [0.5, 0.6) is 0 Å². The molecular formula is C29H28BrN7O3. The number of nitrogens with one attached hydrogen (secondary N) is 1. The lowest BCUT2D eigenvalue weighted by molar-refractivity contribution is -0.138. The van der Waals surface area contributed by atoms with Crippen molar-refractivity contribution in [3.05, 3.63) is 63.9 Å². The van der Waals surface area contributed by atoms with E-state index in [0.717, 1.165) is 34.2 Å². The number of aromatic nitrogens is 5. The summed E-state index contributed by atoms with van der Waals surface area (Å²) in [4.78, 5) is 54.3. The van der Waals surface area contributed by atoms with Crippen LogP contribution in [-0.2, 0) is 16.1 Å². The molecule has 204 valence electrons. The molecule has 0 unspecified atom stereocenters. The van der Waals surface area contributed by atoms with Crippen LogP contribution in [0.4, 0.5) is 5.82 Å². The molecule has 40 heavy (non-hydrogen) atoms. The van der Waals surface area contributed by atoms with E-state index in [0.29, 0.717) is 39.8 Å². The largest absolute Gasteiger partial charge is 0.328 e. The third-order valence-corrected chi connectivity index (χ3v) is 8.25. The maximum absolute atomic E-state index is 13.7. The summed E-state index contributed by atoms with van der Waals surface area (Å²) in [6.07, 6.45) is 4.43. The van der Waals surface area contributed by atoms with E-state index in [1.165, 1.54) is 6.92 Å². The Morgan fingerprint density at radius 3 is 2.52 bits per heavy atom. The molecule has 0 radical (unpaired) electrons. The molecule has 2 fully saturated rings. The Kier molecular flexibility index (Phi) is 6.48. The Bertz CT molecular complexity index is 1700. The van der Waals surface area contributed by atoms with Crippen LogP contribution < -0.4 is 5.32 Å². The molecule has 0 spiro atoms. The monoisotopic (exact) mass is 601 g/mol. The van der Waals surface area contributed by atoms with Crippen molar-refractivity contribution in [1.29, 1.82) is 0 Å². The molecule has 0 bridgehead atoms. The molecule has 1 aliphatic carbocycles. The van der Waals surface area contributed by atoms with Crippen molar-refractivity contribution in [1.82, 2.24) is 29.6 Å². The Morgan fingerprint density at radius 1 is 1.05 bits per heavy atom. The number of nitrogens with zero attached hydrogens (tertiary/aromatic N) is 6. The highest BCUT2D eigenvalue weighted by Gasteiger charge is 2.56. The van der Waals surface area contributed by atoms with Crippen LogP contribution >= 0.6 is 15.9 Å². The SMILES string of the molecule is CC(=O)c1nn(CC(=O)N2C[C@H]3C[C@H]3[C@H]2C(=O)Nc2nc(Br)ccc2C)c2c(C)cc(-c3cnc(C)nc3)cc12. The van der Waals surface area contributed by atoms with Crippen molar-refractivity contribution in [2.45, 2.75) is 46.7 Å². The fraction of sp³-hybridized carbons (Fsp3) is 0.345. The van der Waals surface area contributed by atoms with Crippen LogP contribution in [0.3, 0.4) is 0 Å². The fourth-order valence-electron chi connectivity index (χ4n) is 5.71. The van der Waals surface area contributed by atoms with Gasteiger partial charge in [0.2, 0.25) is 11.8 Å². The van der Waals surface area contributed by atoms with E-state index in [2.05, 4.69) is 41.3 Å². The third-order valence-electron chi connectivity index (χ3n) is 7.81. The molecule has 10 nitrogen and oxygen atoms in total. The third kappa shape index (κ3) is 4.68. The quantitative estimate of drug-likeness (QED) is 0.259. The number of pyridine rings is 1. The molecule has 2 amide bonds. The number of benzene rings is 1. The second kappa shape index (κ2) is 9.88. The standard InChI is InChI=1S/C29H28BrN7O3/c1-14-5-6-23(30)33-28(14)34-29(40)27-21-9-19(21)12-36(27)24(39)13-37-26-15(2)7-18(20-10-31-17(4)32-11-20)8-22(26)25(35-37)16(3)38/h5-8,10-11,19,21,27H,9,12-13H2,1-4H3,(H,33,34,40)/t19-,21-,27+/m1/s1. The minimum atomic E-state index is -0.568. The summed E-state index contributed by atoms with van der Waals surface area (Å²) in [6, 6.07) is 7.00. The van der Waals surface area contributed by atoms with Crippen LogP contribution in [0.1, 0.15) is 40.8 Å². The van der Waals surface area contributed by atoms with Gasteiger partial charge < -0.3 is 10.2 Å². The first-order chi connectivity index (χ1) is 19.1. The van der Waals surface area contributed by atoms with Gasteiger partial charge in [-0.05, 0) is 89.8 Å². The van der Waals surface area contributed by atoms with Gasteiger partial charge in [-0.25, -0.2) is 15.0 Å². The van der Waals surface area contributed by atoms with Crippen molar-refractivity contribution >= 4 is 50.2 Å². The number of anilines is 1. The number of Topliss-reactive ketones (excluding diaryl/α,β-unsaturated/α-hetero) is 1. The molecule has 1 N–H and O–H groups in total. The summed E-state index contributed by atoms with van der Waals surface area (Å²) in [6.45, 7) is 7.56. The second-order valence-corrected chi connectivity index (χ2v) is 11.5. The van der Waals surface area contributed by atoms with Crippen molar-refractivity contribution < 1.29 is 14.4 Å². The topological polar surface area (TPSA) is 123 Å². The maximum atomic E-state index is 13.7. The smallest absolute Gasteiger partial charge is 0.248 e. The van der Waals surface area contributed by atoms with Gasteiger partial charge in [-0.2, -0.15) is 5.10 Å². The van der Waals surface area contributed by atoms with Gasteiger partial charge >= 0.3 is 0 Å². The van der Waals surface area contributed by atoms with Gasteiger partial charge in [0.1, 0.15) is 34.5 Å². The average molecular weight is 602 g/mol. The van der Waals surface area contributed by atoms with Gasteiger partial charge in [-0.1, -0.05) is 6.07 Å². The summed E-state index contributed by atoms with van der Waals surface area (Å²) >= 11 is 3.35. The number of ketones is 1. The lowest BCUT2D eigenvalue weighted by Crippen LogP contribution is -2.47. The van der Waals surface area contributed by atoms with E-state index < -0.39 is 6.04 Å². The number of rotatable bonds is 6. The van der Waals surface area contributed by atoms with Crippen molar-refractivity contribution in [3.8, 4) is 11.1 Å². The zero-order valence-corrected chi connectivity index (χ0v) is 24.2. The molecule has 1 aliphatic heterocycles. The molecule has 2 aliphatic rings. The lowest BCUT2D eigenvalue weighted by Gasteiger charge is -2.27. The number of carbonyl (C=O) groups is 3. The number of aryl methyl sites for hydroxylation is 3. The van der Waals surface area contributed by atoms with Crippen molar-refractivity contribution in [3.63, 3.8) is 0 Å². The number of likely N-dealkylation sites (tertiary alicyclic amines) is 1. The summed E-state index contributed by atoms with van der Waals surface area (Å²) in [5, 5.41) is 8.17. The molecular weight excluding hydrogens is 574 g/mol. The first kappa shape index (κ1) is 26.2. The molecule has 4 heterocycles. The van der Waals surface area contributed by atoms with Crippen molar-refractivity contribution in [2.75, 3.05) is 11.9 Å². The number of amides is 2. The zero-order valence-electron chi connectivity index (χ0n) is 22.6. The number of fused-ring (bicyclic) bond motifs is 2. The van der Waals surface area contributed by atoms with E-state index in [4.69, 9.17) is 0 Å². The predicted molar refractivity (Wildman–Crippen MR) is 153 cm³/mol. The molecule has 4 aromatic rings. The maximum Gasteiger partial charge on any atom is 0.248 e. The Morgan fingerprint density at radius 2 is 1.80 bits per heavy atom. The highest BCUT2D eigenvalue weighted by molar-refractivity contribution is 9.10. The van der Waals surface area contributed by atoms with E-state index in [9.17, 15) is 14.4 Å². The Labute approximate surface area is 239 Å². The first-order valence-corrected chi connectivity index (χ1v) is 13.9. The summed E-state index contributed by atoms with van der Waals surface area (Å²) in [5.41, 5.74) is 4.42. The Hall–Kier alpha value is -3.99. The van der Waals surface area contributed by atoms with Gasteiger partial charge in [0.15, 0.2) is 5.78 Å². The van der Waals surface area contributed by atoms with E-state index in [-0.39, 0.29) is 30.1 Å². The minimum absolute atomic E-state index is 0.0744. The van der Waals surface area contributed by atoms with Gasteiger partial charge in [0.25, 0.3) is 0 Å². The first-order valence-electron chi connectivity index (χ1n) is 13.2. The minimum Gasteiger partial charge on any atom is -0.328 e. The van der Waals surface area contributed by atoms with Crippen LogP contribution in [-0.4, -0.2) is 59.8 Å². The van der Waals surface area contributed by atoms with E-state index >= 15 is 0 Å². The fourth-order valence-corrected chi connectivity index (χ4v) is 6.02. The molecule has 1 saturated carbocycles. The number of hydrogen-bond donors (Lipinski definition) is 1. The number of carbonyl (C=O) groups excluding carboxylic acids is 3. The average Bonchev–Trinajstić information content (AvgIpc) is 3.40. The van der Waals surface area contributed by atoms with E-state index in [1.807, 2.05) is 45.0 Å². The molecule has 3 atom stereocenters. The highest BCUT2D eigenvalue weighted by atomic mass is 79.9. The normalized spacial score (nSPS) is 19.5. The summed E-state index contributed by atoms with van der Waals surface area (Å²) in [7, 11) is 0. The van der Waals surface area contributed by atoms with Gasteiger partial charge in [-0.3, -0.25) is 19.1 Å². The molecule has 3 aromatic heterocycles. The molecule has 1 aromatic carbocycles. The number of halogens is 1. The van der Waals surface area contributed by atoms with E-state index in [1.54, 1.807) is 22.0 Å². The lowest BCUT2D eigenvalue weighted by atomic mass is 10.0. The predicted octanol–water partition coefficient (Wildman–Crippen LogP) is 4.26. The van der Waals surface area contributed by atoms with Crippen LogP contribution in [0.25, 0.3) is 22.0 Å². The van der Waals surface area contributed by atoms with Crippen LogP contribution in [0.2, 0.25) is 0 Å². The van der Waals surface area contributed by atoms with Gasteiger partial charge in [-0.15, -0.1) is 0 Å². The number of piperidine rings is 1.